The molecule has 94 valence electrons. The first-order chi connectivity index (χ1) is 8.70. The Morgan fingerprint density at radius 2 is 1.94 bits per heavy atom. The molecule has 1 unspecified atom stereocenters. The van der Waals surface area contributed by atoms with Gasteiger partial charge in [0.05, 0.1) is 0 Å². The summed E-state index contributed by atoms with van der Waals surface area (Å²) in [6, 6.07) is 10.3. The highest BCUT2D eigenvalue weighted by atomic mass is 79.9. The standard InChI is InChI=1S/C14H12Br2ClN/c15-12-6-10(8-18-9-12)5-11(7-17)13-3-1-2-4-14(13)16/h1-4,6,8-9,11H,5,7H2. The summed E-state index contributed by atoms with van der Waals surface area (Å²) in [7, 11) is 0. The van der Waals surface area contributed by atoms with Crippen LogP contribution in [0.1, 0.15) is 17.0 Å². The van der Waals surface area contributed by atoms with Crippen LogP contribution in [0.4, 0.5) is 0 Å². The molecule has 1 aromatic heterocycles. The predicted molar refractivity (Wildman–Crippen MR) is 83.2 cm³/mol. The van der Waals surface area contributed by atoms with E-state index in [0.29, 0.717) is 11.8 Å². The van der Waals surface area contributed by atoms with E-state index in [1.165, 1.54) is 11.1 Å². The van der Waals surface area contributed by atoms with Crippen molar-refractivity contribution in [3.63, 3.8) is 0 Å². The van der Waals surface area contributed by atoms with Crippen LogP contribution >= 0.6 is 43.5 Å². The van der Waals surface area contributed by atoms with E-state index in [0.717, 1.165) is 15.4 Å². The van der Waals surface area contributed by atoms with Gasteiger partial charge in [-0.2, -0.15) is 0 Å². The Balaban J connectivity index is 2.23. The molecule has 4 heteroatoms. The number of alkyl halides is 1. The summed E-state index contributed by atoms with van der Waals surface area (Å²) < 4.78 is 2.11. The van der Waals surface area contributed by atoms with E-state index in [-0.39, 0.29) is 0 Å². The van der Waals surface area contributed by atoms with Crippen molar-refractivity contribution in [3.8, 4) is 0 Å². The second-order valence-electron chi connectivity index (χ2n) is 4.09. The molecule has 0 spiro atoms. The van der Waals surface area contributed by atoms with Gasteiger partial charge < -0.3 is 0 Å². The van der Waals surface area contributed by atoms with Crippen molar-refractivity contribution in [2.45, 2.75) is 12.3 Å². The summed E-state index contributed by atoms with van der Waals surface area (Å²) in [5.74, 6) is 0.883. The van der Waals surface area contributed by atoms with Gasteiger partial charge in [0.15, 0.2) is 0 Å². The molecule has 0 aliphatic heterocycles. The molecule has 0 radical (unpaired) electrons. The molecular formula is C14H12Br2ClN. The molecule has 2 rings (SSSR count). The third-order valence-electron chi connectivity index (χ3n) is 2.77. The van der Waals surface area contributed by atoms with E-state index < -0.39 is 0 Å². The zero-order valence-corrected chi connectivity index (χ0v) is 13.5. The van der Waals surface area contributed by atoms with E-state index in [1.807, 2.05) is 24.4 Å². The molecule has 0 aliphatic rings. The number of benzene rings is 1. The quantitative estimate of drug-likeness (QED) is 0.657. The molecule has 18 heavy (non-hydrogen) atoms. The van der Waals surface area contributed by atoms with Crippen LogP contribution in [0.5, 0.6) is 0 Å². The molecule has 0 saturated carbocycles. The Morgan fingerprint density at radius 3 is 2.61 bits per heavy atom. The smallest absolute Gasteiger partial charge is 0.0410 e. The molecule has 0 bridgehead atoms. The number of nitrogens with zero attached hydrogens (tertiary/aromatic N) is 1. The summed E-state index contributed by atoms with van der Waals surface area (Å²) in [5, 5.41) is 0. The molecule has 0 aliphatic carbocycles. The number of hydrogen-bond acceptors (Lipinski definition) is 1. The molecule has 2 aromatic rings. The summed E-state index contributed by atoms with van der Waals surface area (Å²) in [4.78, 5) is 4.19. The Kier molecular flexibility index (Phi) is 5.22. The van der Waals surface area contributed by atoms with Gasteiger partial charge in [0, 0.05) is 33.1 Å². The van der Waals surface area contributed by atoms with Crippen molar-refractivity contribution in [2.24, 2.45) is 0 Å². The van der Waals surface area contributed by atoms with Crippen LogP contribution in [0.25, 0.3) is 0 Å². The molecule has 0 saturated heterocycles. The number of hydrogen-bond donors (Lipinski definition) is 0. The van der Waals surface area contributed by atoms with Gasteiger partial charge in [-0.1, -0.05) is 34.1 Å². The lowest BCUT2D eigenvalue weighted by atomic mass is 9.94. The largest absolute Gasteiger partial charge is 0.263 e. The van der Waals surface area contributed by atoms with Gasteiger partial charge in [0.25, 0.3) is 0 Å². The van der Waals surface area contributed by atoms with Crippen molar-refractivity contribution in [1.82, 2.24) is 4.98 Å². The maximum atomic E-state index is 6.11. The summed E-state index contributed by atoms with van der Waals surface area (Å²) in [5.41, 5.74) is 2.43. The minimum absolute atomic E-state index is 0.290. The van der Waals surface area contributed by atoms with Crippen LogP contribution in [-0.2, 0) is 6.42 Å². The predicted octanol–water partition coefficient (Wildman–Crippen LogP) is 5.17. The van der Waals surface area contributed by atoms with Gasteiger partial charge >= 0.3 is 0 Å². The second-order valence-corrected chi connectivity index (χ2v) is 6.17. The minimum Gasteiger partial charge on any atom is -0.263 e. The maximum Gasteiger partial charge on any atom is 0.0410 e. The molecule has 1 aromatic carbocycles. The Hall–Kier alpha value is -0.380. The summed E-state index contributed by atoms with van der Waals surface area (Å²) in [6.45, 7) is 0. The topological polar surface area (TPSA) is 12.9 Å². The number of pyridine rings is 1. The van der Waals surface area contributed by atoms with Crippen LogP contribution < -0.4 is 0 Å². The van der Waals surface area contributed by atoms with Gasteiger partial charge in [0.2, 0.25) is 0 Å². The number of aromatic nitrogens is 1. The van der Waals surface area contributed by atoms with Gasteiger partial charge in [-0.05, 0) is 45.6 Å². The Bertz CT molecular complexity index is 531. The average Bonchev–Trinajstić information content (AvgIpc) is 2.37. The number of rotatable bonds is 4. The van der Waals surface area contributed by atoms with E-state index in [4.69, 9.17) is 11.6 Å². The van der Waals surface area contributed by atoms with Crippen molar-refractivity contribution < 1.29 is 0 Å². The molecular weight excluding hydrogens is 377 g/mol. The first-order valence-corrected chi connectivity index (χ1v) is 7.72. The Labute approximate surface area is 129 Å². The lowest BCUT2D eigenvalue weighted by Gasteiger charge is -2.16. The second kappa shape index (κ2) is 6.69. The van der Waals surface area contributed by atoms with Crippen molar-refractivity contribution in [3.05, 3.63) is 62.8 Å². The molecule has 1 nitrogen and oxygen atoms in total. The molecule has 0 fully saturated rings. The lowest BCUT2D eigenvalue weighted by Crippen LogP contribution is -2.05. The van der Waals surface area contributed by atoms with Crippen molar-refractivity contribution >= 4 is 43.5 Å². The van der Waals surface area contributed by atoms with E-state index >= 15 is 0 Å². The fourth-order valence-electron chi connectivity index (χ4n) is 1.91. The van der Waals surface area contributed by atoms with Gasteiger partial charge in [-0.25, -0.2) is 0 Å². The highest BCUT2D eigenvalue weighted by Gasteiger charge is 2.14. The summed E-state index contributed by atoms with van der Waals surface area (Å²) in [6.07, 6.45) is 4.57. The minimum atomic E-state index is 0.290. The van der Waals surface area contributed by atoms with Crippen molar-refractivity contribution in [2.75, 3.05) is 5.88 Å². The Morgan fingerprint density at radius 1 is 1.17 bits per heavy atom. The van der Waals surface area contributed by atoms with Gasteiger partial charge in [-0.15, -0.1) is 11.6 Å². The zero-order chi connectivity index (χ0) is 13.0. The van der Waals surface area contributed by atoms with Crippen LogP contribution in [0.3, 0.4) is 0 Å². The first-order valence-electron chi connectivity index (χ1n) is 5.60. The van der Waals surface area contributed by atoms with Crippen LogP contribution in [0, 0.1) is 0 Å². The van der Waals surface area contributed by atoms with Crippen molar-refractivity contribution in [1.29, 1.82) is 0 Å². The van der Waals surface area contributed by atoms with Crippen LogP contribution in [-0.4, -0.2) is 10.9 Å². The third kappa shape index (κ3) is 3.56. The van der Waals surface area contributed by atoms with E-state index in [9.17, 15) is 0 Å². The molecule has 0 amide bonds. The highest BCUT2D eigenvalue weighted by molar-refractivity contribution is 9.10. The van der Waals surface area contributed by atoms with Crippen LogP contribution in [0.2, 0.25) is 0 Å². The van der Waals surface area contributed by atoms with E-state index in [1.54, 1.807) is 6.20 Å². The summed E-state index contributed by atoms with van der Waals surface area (Å²) >= 11 is 13.1. The van der Waals surface area contributed by atoms with Gasteiger partial charge in [-0.3, -0.25) is 4.98 Å². The number of halogens is 3. The normalized spacial score (nSPS) is 12.4. The SMILES string of the molecule is ClCC(Cc1cncc(Br)c1)c1ccccc1Br. The molecule has 0 N–H and O–H groups in total. The fourth-order valence-corrected chi connectivity index (χ4v) is 3.20. The monoisotopic (exact) mass is 387 g/mol. The van der Waals surface area contributed by atoms with E-state index in [2.05, 4.69) is 49.0 Å². The molecule has 1 atom stereocenters. The molecule has 1 heterocycles. The zero-order valence-electron chi connectivity index (χ0n) is 9.61. The maximum absolute atomic E-state index is 6.11. The van der Waals surface area contributed by atoms with Gasteiger partial charge in [0.1, 0.15) is 0 Å². The van der Waals surface area contributed by atoms with Crippen LogP contribution in [0.15, 0.2) is 51.7 Å². The third-order valence-corrected chi connectivity index (χ3v) is 4.30. The lowest BCUT2D eigenvalue weighted by molar-refractivity contribution is 0.759. The highest BCUT2D eigenvalue weighted by Crippen LogP contribution is 2.29. The fraction of sp³-hybridized carbons (Fsp3) is 0.214. The average molecular weight is 390 g/mol. The first kappa shape index (κ1) is 14.0.